The summed E-state index contributed by atoms with van der Waals surface area (Å²) in [5.41, 5.74) is 1.55. The lowest BCUT2D eigenvalue weighted by Gasteiger charge is -2.35. The molecule has 1 saturated carbocycles. The second kappa shape index (κ2) is 9.09. The predicted octanol–water partition coefficient (Wildman–Crippen LogP) is 4.41. The number of benzene rings is 2. The lowest BCUT2D eigenvalue weighted by atomic mass is 9.81. The molecule has 0 atom stereocenters. The Balaban J connectivity index is 1.47. The van der Waals surface area contributed by atoms with Gasteiger partial charge in [-0.3, -0.25) is 4.79 Å². The van der Waals surface area contributed by atoms with Gasteiger partial charge in [-0.1, -0.05) is 30.3 Å². The number of carbonyl (C=O) groups is 1. The molecule has 1 saturated heterocycles. The zero-order chi connectivity index (χ0) is 22.0. The molecule has 0 aromatic heterocycles. The molecule has 0 unspecified atom stereocenters. The molecule has 7 heteroatoms. The van der Waals surface area contributed by atoms with Gasteiger partial charge in [0.15, 0.2) is 0 Å². The zero-order valence-electron chi connectivity index (χ0n) is 17.8. The van der Waals surface area contributed by atoms with Crippen molar-refractivity contribution in [2.75, 3.05) is 20.1 Å². The van der Waals surface area contributed by atoms with Crippen molar-refractivity contribution >= 4 is 15.9 Å². The topological polar surface area (TPSA) is 57.7 Å². The first kappa shape index (κ1) is 22.0. The van der Waals surface area contributed by atoms with E-state index in [1.54, 1.807) is 11.9 Å². The van der Waals surface area contributed by atoms with E-state index in [9.17, 15) is 17.6 Å². The summed E-state index contributed by atoms with van der Waals surface area (Å²) in [7, 11) is -2.17. The Labute approximate surface area is 183 Å². The number of rotatable bonds is 5. The van der Waals surface area contributed by atoms with Crippen molar-refractivity contribution in [3.05, 3.63) is 65.5 Å². The summed E-state index contributed by atoms with van der Waals surface area (Å²) in [5, 5.41) is 0. The second-order valence-corrected chi connectivity index (χ2v) is 10.5. The van der Waals surface area contributed by atoms with Crippen LogP contribution in [0.15, 0.2) is 53.4 Å². The Kier molecular flexibility index (Phi) is 6.44. The van der Waals surface area contributed by atoms with E-state index in [1.165, 1.54) is 22.0 Å². The van der Waals surface area contributed by atoms with Gasteiger partial charge >= 0.3 is 0 Å². The summed E-state index contributed by atoms with van der Waals surface area (Å²) in [6.45, 7) is 0.787. The molecule has 166 valence electrons. The SMILES string of the molecule is CN(C(=O)c1ccc(F)c(S(=O)(=O)N2CCCC2)c1)C1CCC(c2ccccc2)CC1. The van der Waals surface area contributed by atoms with Crippen LogP contribution in [0, 0.1) is 5.82 Å². The molecule has 1 amide bonds. The number of hydrogen-bond acceptors (Lipinski definition) is 3. The van der Waals surface area contributed by atoms with E-state index in [0.29, 0.717) is 19.0 Å². The molecule has 5 nitrogen and oxygen atoms in total. The monoisotopic (exact) mass is 444 g/mol. The van der Waals surface area contributed by atoms with Crippen molar-refractivity contribution in [1.29, 1.82) is 0 Å². The predicted molar refractivity (Wildman–Crippen MR) is 118 cm³/mol. The summed E-state index contributed by atoms with van der Waals surface area (Å²) < 4.78 is 41.4. The largest absolute Gasteiger partial charge is 0.339 e. The van der Waals surface area contributed by atoms with E-state index in [0.717, 1.165) is 44.6 Å². The molecule has 4 rings (SSSR count). The molecule has 2 aliphatic rings. The van der Waals surface area contributed by atoms with Gasteiger partial charge in [0.05, 0.1) is 0 Å². The number of amides is 1. The van der Waals surface area contributed by atoms with Gasteiger partial charge in [0.2, 0.25) is 10.0 Å². The number of hydrogen-bond donors (Lipinski definition) is 0. The highest BCUT2D eigenvalue weighted by Crippen LogP contribution is 2.35. The van der Waals surface area contributed by atoms with Crippen LogP contribution >= 0.6 is 0 Å². The summed E-state index contributed by atoms with van der Waals surface area (Å²) in [5.74, 6) is -0.570. The molecule has 2 aromatic rings. The molecule has 1 aliphatic heterocycles. The van der Waals surface area contributed by atoms with Gasteiger partial charge in [-0.25, -0.2) is 12.8 Å². The van der Waals surface area contributed by atoms with Gasteiger partial charge in [0, 0.05) is 31.7 Å². The van der Waals surface area contributed by atoms with Crippen LogP contribution < -0.4 is 0 Å². The first-order chi connectivity index (χ1) is 14.9. The number of carbonyl (C=O) groups excluding carboxylic acids is 1. The van der Waals surface area contributed by atoms with Crippen molar-refractivity contribution in [2.24, 2.45) is 0 Å². The summed E-state index contributed by atoms with van der Waals surface area (Å²) in [6.07, 6.45) is 5.33. The third kappa shape index (κ3) is 4.53. The first-order valence-electron chi connectivity index (χ1n) is 11.0. The molecule has 0 N–H and O–H groups in total. The fourth-order valence-electron chi connectivity index (χ4n) is 4.79. The molecule has 31 heavy (non-hydrogen) atoms. The Hall–Kier alpha value is -2.25. The zero-order valence-corrected chi connectivity index (χ0v) is 18.7. The van der Waals surface area contributed by atoms with E-state index in [1.807, 2.05) is 6.07 Å². The fraction of sp³-hybridized carbons (Fsp3) is 0.458. The molecule has 0 spiro atoms. The van der Waals surface area contributed by atoms with Gasteiger partial charge in [-0.2, -0.15) is 4.31 Å². The minimum atomic E-state index is -3.93. The van der Waals surface area contributed by atoms with E-state index < -0.39 is 20.7 Å². The molecule has 2 aromatic carbocycles. The van der Waals surface area contributed by atoms with Crippen LogP contribution in [-0.2, 0) is 10.0 Å². The second-order valence-electron chi connectivity index (χ2n) is 8.59. The van der Waals surface area contributed by atoms with Gasteiger partial charge in [0.25, 0.3) is 5.91 Å². The Morgan fingerprint density at radius 1 is 1.00 bits per heavy atom. The third-order valence-electron chi connectivity index (χ3n) is 6.70. The maximum absolute atomic E-state index is 14.4. The number of halogens is 1. The minimum absolute atomic E-state index is 0.0937. The summed E-state index contributed by atoms with van der Waals surface area (Å²) >= 11 is 0. The van der Waals surface area contributed by atoms with Gasteiger partial charge in [-0.15, -0.1) is 0 Å². The maximum atomic E-state index is 14.4. The molecule has 2 fully saturated rings. The molecule has 0 radical (unpaired) electrons. The van der Waals surface area contributed by atoms with Crippen molar-refractivity contribution < 1.29 is 17.6 Å². The van der Waals surface area contributed by atoms with Crippen LogP contribution in [0.25, 0.3) is 0 Å². The smallest absolute Gasteiger partial charge is 0.253 e. The van der Waals surface area contributed by atoms with Crippen LogP contribution in [0.4, 0.5) is 4.39 Å². The molecule has 0 bridgehead atoms. The molecule has 1 heterocycles. The van der Waals surface area contributed by atoms with Crippen molar-refractivity contribution in [3.8, 4) is 0 Å². The highest BCUT2D eigenvalue weighted by Gasteiger charge is 2.32. The number of sulfonamides is 1. The molecule has 1 aliphatic carbocycles. The van der Waals surface area contributed by atoms with Gasteiger partial charge in [-0.05, 0) is 68.2 Å². The van der Waals surface area contributed by atoms with Gasteiger partial charge < -0.3 is 4.90 Å². The van der Waals surface area contributed by atoms with Crippen molar-refractivity contribution in [3.63, 3.8) is 0 Å². The van der Waals surface area contributed by atoms with Crippen LogP contribution in [-0.4, -0.2) is 49.7 Å². The van der Waals surface area contributed by atoms with E-state index >= 15 is 0 Å². The Morgan fingerprint density at radius 3 is 2.29 bits per heavy atom. The van der Waals surface area contributed by atoms with Crippen molar-refractivity contribution in [2.45, 2.75) is 55.4 Å². The van der Waals surface area contributed by atoms with Crippen LogP contribution in [0.3, 0.4) is 0 Å². The van der Waals surface area contributed by atoms with E-state index in [2.05, 4.69) is 24.3 Å². The maximum Gasteiger partial charge on any atom is 0.253 e. The average Bonchev–Trinajstić information content (AvgIpc) is 3.35. The minimum Gasteiger partial charge on any atom is -0.339 e. The van der Waals surface area contributed by atoms with Crippen LogP contribution in [0.1, 0.15) is 60.4 Å². The Bertz CT molecular complexity index is 1030. The molecular formula is C24H29FN2O3S. The highest BCUT2D eigenvalue weighted by atomic mass is 32.2. The Morgan fingerprint density at radius 2 is 1.65 bits per heavy atom. The average molecular weight is 445 g/mol. The lowest BCUT2D eigenvalue weighted by molar-refractivity contribution is 0.0689. The van der Waals surface area contributed by atoms with Crippen molar-refractivity contribution in [1.82, 2.24) is 9.21 Å². The van der Waals surface area contributed by atoms with E-state index in [4.69, 9.17) is 0 Å². The van der Waals surface area contributed by atoms with Crippen LogP contribution in [0.5, 0.6) is 0 Å². The summed E-state index contributed by atoms with van der Waals surface area (Å²) in [4.78, 5) is 14.4. The van der Waals surface area contributed by atoms with Crippen LogP contribution in [0.2, 0.25) is 0 Å². The highest BCUT2D eigenvalue weighted by molar-refractivity contribution is 7.89. The first-order valence-corrected chi connectivity index (χ1v) is 12.4. The fourth-order valence-corrected chi connectivity index (χ4v) is 6.40. The summed E-state index contributed by atoms with van der Waals surface area (Å²) in [6, 6.07) is 14.2. The van der Waals surface area contributed by atoms with E-state index in [-0.39, 0.29) is 17.5 Å². The number of nitrogens with zero attached hydrogens (tertiary/aromatic N) is 2. The van der Waals surface area contributed by atoms with Gasteiger partial charge in [0.1, 0.15) is 10.7 Å². The standard InChI is InChI=1S/C24H29FN2O3S/c1-26(21-12-9-19(10-13-21)18-7-3-2-4-8-18)24(28)20-11-14-22(25)23(17-20)31(29,30)27-15-5-6-16-27/h2-4,7-8,11,14,17,19,21H,5-6,9-10,12-13,15-16H2,1H3. The normalized spacial score (nSPS) is 22.4. The quantitative estimate of drug-likeness (QED) is 0.687. The third-order valence-corrected chi connectivity index (χ3v) is 8.61. The molecular weight excluding hydrogens is 415 g/mol. The lowest BCUT2D eigenvalue weighted by Crippen LogP contribution is -2.39.